The van der Waals surface area contributed by atoms with Crippen molar-refractivity contribution in [1.29, 1.82) is 0 Å². The Kier molecular flexibility index (Phi) is 2.26. The van der Waals surface area contributed by atoms with Crippen molar-refractivity contribution in [2.24, 2.45) is 10.7 Å². The first-order valence-corrected chi connectivity index (χ1v) is 5.75. The lowest BCUT2D eigenvalue weighted by Crippen LogP contribution is -2.38. The quantitative estimate of drug-likeness (QED) is 0.792. The maximum atomic E-state index is 13.9. The first-order chi connectivity index (χ1) is 8.58. The Bertz CT molecular complexity index is 571. The van der Waals surface area contributed by atoms with Crippen LogP contribution in [0.3, 0.4) is 0 Å². The lowest BCUT2D eigenvalue weighted by molar-refractivity contribution is 0.0696. The molecule has 0 spiro atoms. The van der Waals surface area contributed by atoms with E-state index in [-0.39, 0.29) is 17.3 Å². The minimum absolute atomic E-state index is 0.0474. The molecule has 6 heteroatoms. The number of hydrogen-bond donors (Lipinski definition) is 2. The van der Waals surface area contributed by atoms with E-state index in [0.717, 1.165) is 25.5 Å². The summed E-state index contributed by atoms with van der Waals surface area (Å²) in [5, 5.41) is 8.96. The van der Waals surface area contributed by atoms with Gasteiger partial charge < -0.3 is 15.7 Å². The number of nitrogens with zero attached hydrogens (tertiary/aromatic N) is 2. The fourth-order valence-electron chi connectivity index (χ4n) is 2.66. The van der Waals surface area contributed by atoms with Crippen molar-refractivity contribution >= 4 is 17.6 Å². The normalized spacial score (nSPS) is 21.3. The molecule has 2 aliphatic rings. The summed E-state index contributed by atoms with van der Waals surface area (Å²) in [5.74, 6) is -1.45. The first-order valence-electron chi connectivity index (χ1n) is 5.75. The smallest absolute Gasteiger partial charge is 0.335 e. The van der Waals surface area contributed by atoms with Gasteiger partial charge >= 0.3 is 5.97 Å². The molecule has 0 saturated carbocycles. The molecular formula is C12H12FN3O2. The van der Waals surface area contributed by atoms with Crippen LogP contribution >= 0.6 is 0 Å². The topological polar surface area (TPSA) is 78.9 Å². The van der Waals surface area contributed by atoms with Crippen LogP contribution in [0.25, 0.3) is 0 Å². The Labute approximate surface area is 103 Å². The van der Waals surface area contributed by atoms with E-state index in [1.54, 1.807) is 0 Å². The van der Waals surface area contributed by atoms with Crippen molar-refractivity contribution < 1.29 is 14.3 Å². The van der Waals surface area contributed by atoms with Gasteiger partial charge in [0.25, 0.3) is 0 Å². The zero-order chi connectivity index (χ0) is 12.9. The Hall–Kier alpha value is -2.11. The second-order valence-electron chi connectivity index (χ2n) is 4.52. The van der Waals surface area contributed by atoms with Gasteiger partial charge in [0.1, 0.15) is 11.5 Å². The molecule has 94 valence electrons. The summed E-state index contributed by atoms with van der Waals surface area (Å²) in [7, 11) is 0. The Morgan fingerprint density at radius 3 is 3.06 bits per heavy atom. The number of guanidine groups is 1. The molecular weight excluding hydrogens is 237 g/mol. The number of carbonyl (C=O) groups is 1. The predicted molar refractivity (Wildman–Crippen MR) is 63.3 cm³/mol. The number of carboxylic acids is 1. The average Bonchev–Trinajstić information content (AvgIpc) is 2.80. The SMILES string of the molecule is NC1=Nc2c(F)cc(C(=O)O)cc2[C@H]2CCCN12. The number of aliphatic imine (C=N–C) groups is 1. The maximum Gasteiger partial charge on any atom is 0.335 e. The summed E-state index contributed by atoms with van der Waals surface area (Å²) >= 11 is 0. The second-order valence-corrected chi connectivity index (χ2v) is 4.52. The van der Waals surface area contributed by atoms with Crippen molar-refractivity contribution in [2.75, 3.05) is 6.54 Å². The molecule has 0 aliphatic carbocycles. The standard InChI is InChI=1S/C12H12FN3O2/c13-8-5-6(11(17)18)4-7-9-2-1-3-16(9)12(14)15-10(7)8/h4-5,9H,1-3H2,(H2,14,15)(H,17,18)/t9-/m1/s1. The molecule has 1 fully saturated rings. The van der Waals surface area contributed by atoms with Crippen molar-refractivity contribution in [3.8, 4) is 0 Å². The van der Waals surface area contributed by atoms with Gasteiger partial charge in [-0.05, 0) is 25.0 Å². The number of fused-ring (bicyclic) bond motifs is 3. The van der Waals surface area contributed by atoms with Crippen molar-refractivity contribution in [3.63, 3.8) is 0 Å². The number of rotatable bonds is 1. The monoisotopic (exact) mass is 249 g/mol. The van der Waals surface area contributed by atoms with Gasteiger partial charge in [0, 0.05) is 12.1 Å². The largest absolute Gasteiger partial charge is 0.478 e. The van der Waals surface area contributed by atoms with E-state index in [1.807, 2.05) is 4.90 Å². The number of aromatic carboxylic acids is 1. The molecule has 3 N–H and O–H groups in total. The summed E-state index contributed by atoms with van der Waals surface area (Å²) < 4.78 is 13.9. The summed E-state index contributed by atoms with van der Waals surface area (Å²) in [6.07, 6.45) is 1.78. The van der Waals surface area contributed by atoms with Crippen molar-refractivity contribution in [3.05, 3.63) is 29.1 Å². The molecule has 5 nitrogen and oxygen atoms in total. The molecule has 1 saturated heterocycles. The minimum Gasteiger partial charge on any atom is -0.478 e. The maximum absolute atomic E-state index is 13.9. The molecule has 2 heterocycles. The third kappa shape index (κ3) is 1.45. The molecule has 0 unspecified atom stereocenters. The van der Waals surface area contributed by atoms with Gasteiger partial charge in [-0.3, -0.25) is 0 Å². The lowest BCUT2D eigenvalue weighted by Gasteiger charge is -2.31. The van der Waals surface area contributed by atoms with Crippen LogP contribution in [0.1, 0.15) is 34.8 Å². The van der Waals surface area contributed by atoms with Gasteiger partial charge in [-0.2, -0.15) is 0 Å². The van der Waals surface area contributed by atoms with Gasteiger partial charge in [-0.1, -0.05) is 0 Å². The third-order valence-electron chi connectivity index (χ3n) is 3.47. The van der Waals surface area contributed by atoms with Gasteiger partial charge in [-0.15, -0.1) is 0 Å². The second kappa shape index (κ2) is 3.69. The van der Waals surface area contributed by atoms with Crippen molar-refractivity contribution in [1.82, 2.24) is 4.90 Å². The van der Waals surface area contributed by atoms with Gasteiger partial charge in [0.2, 0.25) is 0 Å². The van der Waals surface area contributed by atoms with Crippen LogP contribution < -0.4 is 5.73 Å². The molecule has 2 aliphatic heterocycles. The van der Waals surface area contributed by atoms with Crippen LogP contribution in [0.5, 0.6) is 0 Å². The fourth-order valence-corrected chi connectivity index (χ4v) is 2.66. The minimum atomic E-state index is -1.14. The number of benzene rings is 1. The summed E-state index contributed by atoms with van der Waals surface area (Å²) in [6.45, 7) is 0.776. The highest BCUT2D eigenvalue weighted by Crippen LogP contribution is 2.42. The average molecular weight is 249 g/mol. The summed E-state index contributed by atoms with van der Waals surface area (Å²) in [4.78, 5) is 16.9. The van der Waals surface area contributed by atoms with E-state index in [2.05, 4.69) is 4.99 Å². The number of hydrogen-bond acceptors (Lipinski definition) is 4. The van der Waals surface area contributed by atoms with Crippen LogP contribution in [-0.2, 0) is 0 Å². The molecule has 0 amide bonds. The van der Waals surface area contributed by atoms with E-state index in [0.29, 0.717) is 11.5 Å². The Balaban J connectivity index is 2.20. The molecule has 1 atom stereocenters. The summed E-state index contributed by atoms with van der Waals surface area (Å²) in [6, 6.07) is 2.44. The zero-order valence-corrected chi connectivity index (χ0v) is 9.56. The lowest BCUT2D eigenvalue weighted by atomic mass is 9.98. The van der Waals surface area contributed by atoms with E-state index in [9.17, 15) is 9.18 Å². The number of carboxylic acid groups (broad SMARTS) is 1. The number of halogens is 1. The highest BCUT2D eigenvalue weighted by Gasteiger charge is 2.34. The van der Waals surface area contributed by atoms with Crippen LogP contribution in [-0.4, -0.2) is 28.5 Å². The molecule has 0 radical (unpaired) electrons. The molecule has 1 aromatic carbocycles. The van der Waals surface area contributed by atoms with E-state index in [1.165, 1.54) is 6.07 Å². The Morgan fingerprint density at radius 2 is 2.33 bits per heavy atom. The van der Waals surface area contributed by atoms with Crippen LogP contribution in [0.4, 0.5) is 10.1 Å². The van der Waals surface area contributed by atoms with E-state index < -0.39 is 11.8 Å². The van der Waals surface area contributed by atoms with E-state index in [4.69, 9.17) is 10.8 Å². The Morgan fingerprint density at radius 1 is 1.56 bits per heavy atom. The van der Waals surface area contributed by atoms with Crippen molar-refractivity contribution in [2.45, 2.75) is 18.9 Å². The molecule has 0 aromatic heterocycles. The fraction of sp³-hybridized carbons (Fsp3) is 0.333. The highest BCUT2D eigenvalue weighted by atomic mass is 19.1. The van der Waals surface area contributed by atoms with Crippen LogP contribution in [0.2, 0.25) is 0 Å². The summed E-state index contributed by atoms with van der Waals surface area (Å²) in [5.41, 5.74) is 6.55. The zero-order valence-electron chi connectivity index (χ0n) is 9.56. The van der Waals surface area contributed by atoms with Crippen LogP contribution in [0.15, 0.2) is 17.1 Å². The number of nitrogens with two attached hydrogens (primary N) is 1. The van der Waals surface area contributed by atoms with Crippen LogP contribution in [0, 0.1) is 5.82 Å². The molecule has 1 aromatic rings. The van der Waals surface area contributed by atoms with Gasteiger partial charge in [0.15, 0.2) is 5.96 Å². The highest BCUT2D eigenvalue weighted by molar-refractivity contribution is 5.90. The van der Waals surface area contributed by atoms with E-state index >= 15 is 0 Å². The third-order valence-corrected chi connectivity index (χ3v) is 3.47. The molecule has 3 rings (SSSR count). The first kappa shape index (κ1) is 11.0. The molecule has 18 heavy (non-hydrogen) atoms. The van der Waals surface area contributed by atoms with Gasteiger partial charge in [0.05, 0.1) is 11.6 Å². The van der Waals surface area contributed by atoms with Gasteiger partial charge in [-0.25, -0.2) is 14.2 Å². The molecule has 0 bridgehead atoms. The predicted octanol–water partition coefficient (Wildman–Crippen LogP) is 1.62.